The van der Waals surface area contributed by atoms with Crippen molar-refractivity contribution in [1.82, 2.24) is 9.62 Å². The Morgan fingerprint density at radius 2 is 2.13 bits per heavy atom. The van der Waals surface area contributed by atoms with Gasteiger partial charge in [0.2, 0.25) is 15.9 Å². The Balaban J connectivity index is 0.00000264. The zero-order valence-corrected chi connectivity index (χ0v) is 16.0. The summed E-state index contributed by atoms with van der Waals surface area (Å²) in [5.41, 5.74) is 5.45. The molecule has 6 nitrogen and oxygen atoms in total. The number of sulfonamides is 1. The SMILES string of the molecule is CCCN(C1CCNC1)S(=O)(=O)c1cc(Br)cc(C(N)=O)c1.Cl. The van der Waals surface area contributed by atoms with E-state index in [2.05, 4.69) is 21.2 Å². The molecule has 1 aliphatic heterocycles. The van der Waals surface area contributed by atoms with Gasteiger partial charge in [-0.1, -0.05) is 22.9 Å². The average molecular weight is 427 g/mol. The lowest BCUT2D eigenvalue weighted by atomic mass is 10.2. The van der Waals surface area contributed by atoms with Gasteiger partial charge in [0.05, 0.1) is 4.90 Å². The van der Waals surface area contributed by atoms with Gasteiger partial charge in [-0.25, -0.2) is 8.42 Å². The van der Waals surface area contributed by atoms with E-state index >= 15 is 0 Å². The maximum atomic E-state index is 13.0. The van der Waals surface area contributed by atoms with Gasteiger partial charge in [-0.2, -0.15) is 4.31 Å². The molecule has 130 valence electrons. The Bertz CT molecular complexity index is 663. The number of amides is 1. The number of carbonyl (C=O) groups is 1. The van der Waals surface area contributed by atoms with Crippen LogP contribution in [0.1, 0.15) is 30.1 Å². The summed E-state index contributed by atoms with van der Waals surface area (Å²) in [5, 5.41) is 3.19. The first-order chi connectivity index (χ1) is 10.4. The summed E-state index contributed by atoms with van der Waals surface area (Å²) in [7, 11) is -3.67. The molecule has 1 heterocycles. The number of rotatable bonds is 6. The number of nitrogens with zero attached hydrogens (tertiary/aromatic N) is 1. The van der Waals surface area contributed by atoms with Crippen molar-refractivity contribution in [3.63, 3.8) is 0 Å². The lowest BCUT2D eigenvalue weighted by Gasteiger charge is -2.27. The van der Waals surface area contributed by atoms with Gasteiger partial charge in [-0.05, 0) is 37.6 Å². The second-order valence-corrected chi connectivity index (χ2v) is 8.11. The minimum absolute atomic E-state index is 0. The maximum Gasteiger partial charge on any atom is 0.248 e. The van der Waals surface area contributed by atoms with Gasteiger partial charge in [0.1, 0.15) is 0 Å². The number of hydrogen-bond donors (Lipinski definition) is 2. The van der Waals surface area contributed by atoms with Gasteiger partial charge >= 0.3 is 0 Å². The van der Waals surface area contributed by atoms with Crippen LogP contribution in [0.5, 0.6) is 0 Å². The molecule has 0 aliphatic carbocycles. The predicted octanol–water partition coefficient (Wildman–Crippen LogP) is 1.73. The highest BCUT2D eigenvalue weighted by Crippen LogP contribution is 2.25. The molecule has 23 heavy (non-hydrogen) atoms. The first kappa shape index (κ1) is 20.4. The Kier molecular flexibility index (Phi) is 7.47. The van der Waals surface area contributed by atoms with Crippen LogP contribution >= 0.6 is 28.3 Å². The summed E-state index contributed by atoms with van der Waals surface area (Å²) in [4.78, 5) is 11.5. The van der Waals surface area contributed by atoms with Gasteiger partial charge in [-0.15, -0.1) is 12.4 Å². The second kappa shape index (κ2) is 8.43. The quantitative estimate of drug-likeness (QED) is 0.724. The van der Waals surface area contributed by atoms with Crippen LogP contribution in [0.4, 0.5) is 0 Å². The third-order valence-electron chi connectivity index (χ3n) is 3.65. The molecule has 0 radical (unpaired) electrons. The highest BCUT2D eigenvalue weighted by atomic mass is 79.9. The highest BCUT2D eigenvalue weighted by molar-refractivity contribution is 9.10. The molecule has 2 rings (SSSR count). The van der Waals surface area contributed by atoms with E-state index in [1.54, 1.807) is 0 Å². The minimum atomic E-state index is -3.67. The van der Waals surface area contributed by atoms with E-state index in [1.807, 2.05) is 6.92 Å². The van der Waals surface area contributed by atoms with E-state index in [4.69, 9.17) is 5.73 Å². The predicted molar refractivity (Wildman–Crippen MR) is 95.4 cm³/mol. The van der Waals surface area contributed by atoms with Crippen molar-refractivity contribution in [3.8, 4) is 0 Å². The van der Waals surface area contributed by atoms with Crippen LogP contribution in [0, 0.1) is 0 Å². The summed E-state index contributed by atoms with van der Waals surface area (Å²) in [6.45, 7) is 3.86. The van der Waals surface area contributed by atoms with Gasteiger partial charge in [0.15, 0.2) is 0 Å². The Hall–Kier alpha value is -0.670. The van der Waals surface area contributed by atoms with Crippen LogP contribution in [-0.2, 0) is 10.0 Å². The molecular formula is C14H21BrClN3O3S. The van der Waals surface area contributed by atoms with Crippen LogP contribution < -0.4 is 11.1 Å². The minimum Gasteiger partial charge on any atom is -0.366 e. The molecule has 1 atom stereocenters. The zero-order valence-electron chi connectivity index (χ0n) is 12.8. The summed E-state index contributed by atoms with van der Waals surface area (Å²) in [6.07, 6.45) is 1.52. The number of carbonyl (C=O) groups excluding carboxylic acids is 1. The largest absolute Gasteiger partial charge is 0.366 e. The highest BCUT2D eigenvalue weighted by Gasteiger charge is 2.33. The molecule has 1 unspecified atom stereocenters. The normalized spacial score (nSPS) is 18.0. The number of hydrogen-bond acceptors (Lipinski definition) is 4. The summed E-state index contributed by atoms with van der Waals surface area (Å²) in [6, 6.07) is 4.31. The molecule has 1 aromatic rings. The van der Waals surface area contributed by atoms with E-state index in [1.165, 1.54) is 22.5 Å². The first-order valence-corrected chi connectivity index (χ1v) is 9.42. The fourth-order valence-corrected chi connectivity index (χ4v) is 5.06. The van der Waals surface area contributed by atoms with Crippen molar-refractivity contribution in [2.45, 2.75) is 30.7 Å². The lowest BCUT2D eigenvalue weighted by Crippen LogP contribution is -2.42. The van der Waals surface area contributed by atoms with Crippen LogP contribution in [0.3, 0.4) is 0 Å². The summed E-state index contributed by atoms with van der Waals surface area (Å²) >= 11 is 3.24. The summed E-state index contributed by atoms with van der Waals surface area (Å²) < 4.78 is 28.0. The molecule has 3 N–H and O–H groups in total. The van der Waals surface area contributed by atoms with Crippen LogP contribution in [0.25, 0.3) is 0 Å². The fraction of sp³-hybridized carbons (Fsp3) is 0.500. The molecule has 1 aromatic carbocycles. The molecular weight excluding hydrogens is 406 g/mol. The third kappa shape index (κ3) is 4.67. The molecule has 1 saturated heterocycles. The number of nitrogens with two attached hydrogens (primary N) is 1. The number of benzene rings is 1. The number of primary amides is 1. The lowest BCUT2D eigenvalue weighted by molar-refractivity contribution is 0.1000. The average Bonchev–Trinajstić information content (AvgIpc) is 2.97. The molecule has 0 bridgehead atoms. The molecule has 1 aliphatic rings. The van der Waals surface area contributed by atoms with Crippen LogP contribution in [-0.4, -0.2) is 44.3 Å². The van der Waals surface area contributed by atoms with Crippen LogP contribution in [0.15, 0.2) is 27.6 Å². The zero-order chi connectivity index (χ0) is 16.3. The molecule has 0 spiro atoms. The Morgan fingerprint density at radius 1 is 1.43 bits per heavy atom. The topological polar surface area (TPSA) is 92.5 Å². The maximum absolute atomic E-state index is 13.0. The second-order valence-electron chi connectivity index (χ2n) is 5.30. The van der Waals surface area contributed by atoms with Gasteiger partial charge < -0.3 is 11.1 Å². The number of nitrogens with one attached hydrogen (secondary N) is 1. The number of halogens is 2. The van der Waals surface area contributed by atoms with Crippen molar-refractivity contribution in [1.29, 1.82) is 0 Å². The van der Waals surface area contributed by atoms with Gasteiger partial charge in [0, 0.05) is 29.2 Å². The van der Waals surface area contributed by atoms with Crippen molar-refractivity contribution >= 4 is 44.3 Å². The molecule has 0 saturated carbocycles. The van der Waals surface area contributed by atoms with Crippen molar-refractivity contribution < 1.29 is 13.2 Å². The van der Waals surface area contributed by atoms with E-state index in [9.17, 15) is 13.2 Å². The van der Waals surface area contributed by atoms with E-state index < -0.39 is 15.9 Å². The fourth-order valence-electron chi connectivity index (χ4n) is 2.59. The Morgan fingerprint density at radius 3 is 2.65 bits per heavy atom. The van der Waals surface area contributed by atoms with E-state index in [0.29, 0.717) is 17.6 Å². The van der Waals surface area contributed by atoms with Crippen molar-refractivity contribution in [2.75, 3.05) is 19.6 Å². The Labute approximate surface area is 151 Å². The monoisotopic (exact) mass is 425 g/mol. The first-order valence-electron chi connectivity index (χ1n) is 7.19. The van der Waals surface area contributed by atoms with Crippen molar-refractivity contribution in [2.24, 2.45) is 5.73 Å². The van der Waals surface area contributed by atoms with E-state index in [-0.39, 0.29) is 28.9 Å². The molecule has 9 heteroatoms. The van der Waals surface area contributed by atoms with Gasteiger partial charge in [-0.3, -0.25) is 4.79 Å². The van der Waals surface area contributed by atoms with E-state index in [0.717, 1.165) is 19.4 Å². The standard InChI is InChI=1S/C14H20BrN3O3S.ClH/c1-2-5-18(12-3-4-17-9-12)22(20,21)13-7-10(14(16)19)6-11(15)8-13;/h6-8,12,17H,2-5,9H2,1H3,(H2,16,19);1H. The molecule has 1 fully saturated rings. The van der Waals surface area contributed by atoms with Crippen molar-refractivity contribution in [3.05, 3.63) is 28.2 Å². The van der Waals surface area contributed by atoms with Crippen LogP contribution in [0.2, 0.25) is 0 Å². The summed E-state index contributed by atoms with van der Waals surface area (Å²) in [5.74, 6) is -0.651. The van der Waals surface area contributed by atoms with Gasteiger partial charge in [0.25, 0.3) is 0 Å². The smallest absolute Gasteiger partial charge is 0.248 e. The third-order valence-corrected chi connectivity index (χ3v) is 6.04. The molecule has 1 amide bonds. The molecule has 0 aromatic heterocycles.